The lowest BCUT2D eigenvalue weighted by molar-refractivity contribution is 0.665. The van der Waals surface area contributed by atoms with Gasteiger partial charge < -0.3 is 13.4 Å². The first-order valence-electron chi connectivity index (χ1n) is 14.7. The summed E-state index contributed by atoms with van der Waals surface area (Å²) in [6.07, 6.45) is 0. The number of fused-ring (bicyclic) bond motifs is 15. The van der Waals surface area contributed by atoms with Crippen LogP contribution in [0.15, 0.2) is 136 Å². The van der Waals surface area contributed by atoms with Gasteiger partial charge in [-0.25, -0.2) is 0 Å². The first-order chi connectivity index (χ1) is 21.4. The third kappa shape index (κ3) is 2.54. The Morgan fingerprint density at radius 3 is 1.65 bits per heavy atom. The first-order valence-corrected chi connectivity index (χ1v) is 14.7. The van der Waals surface area contributed by atoms with Crippen LogP contribution in [-0.2, 0) is 0 Å². The average molecular weight is 548 g/mol. The van der Waals surface area contributed by atoms with Crippen molar-refractivity contribution in [3.63, 3.8) is 0 Å². The van der Waals surface area contributed by atoms with Crippen molar-refractivity contribution < 1.29 is 8.83 Å². The number of rotatable bonds is 1. The number of hydrogen-bond donors (Lipinski definition) is 0. The number of nitrogens with zero attached hydrogens (tertiary/aromatic N) is 1. The Hall–Kier alpha value is -5.80. The maximum Gasteiger partial charge on any atom is 0.149 e. The predicted molar refractivity (Wildman–Crippen MR) is 177 cm³/mol. The molecule has 0 saturated heterocycles. The van der Waals surface area contributed by atoms with Crippen molar-refractivity contribution in [1.82, 2.24) is 4.57 Å². The van der Waals surface area contributed by atoms with Gasteiger partial charge in [0.15, 0.2) is 0 Å². The van der Waals surface area contributed by atoms with E-state index in [2.05, 4.69) is 120 Å². The number of furan rings is 2. The Balaban J connectivity index is 1.43. The smallest absolute Gasteiger partial charge is 0.149 e. The van der Waals surface area contributed by atoms with E-state index in [-0.39, 0.29) is 0 Å². The Kier molecular flexibility index (Phi) is 3.83. The fourth-order valence-corrected chi connectivity index (χ4v) is 7.85. The summed E-state index contributed by atoms with van der Waals surface area (Å²) in [5.41, 5.74) is 12.1. The van der Waals surface area contributed by atoms with Gasteiger partial charge in [-0.15, -0.1) is 0 Å². The maximum absolute atomic E-state index is 6.73. The van der Waals surface area contributed by atoms with Gasteiger partial charge in [0.05, 0.1) is 32.9 Å². The fraction of sp³-hybridized carbons (Fsp3) is 0. The van der Waals surface area contributed by atoms with Gasteiger partial charge in [-0.2, -0.15) is 0 Å². The van der Waals surface area contributed by atoms with Crippen LogP contribution < -0.4 is 0 Å². The van der Waals surface area contributed by atoms with Crippen LogP contribution in [0.5, 0.6) is 0 Å². The number of benzene rings is 7. The Bertz CT molecular complexity index is 2780. The van der Waals surface area contributed by atoms with Crippen molar-refractivity contribution in [3.8, 4) is 27.9 Å². The van der Waals surface area contributed by atoms with Crippen molar-refractivity contribution in [2.24, 2.45) is 0 Å². The zero-order chi connectivity index (χ0) is 27.8. The van der Waals surface area contributed by atoms with E-state index < -0.39 is 0 Å². The van der Waals surface area contributed by atoms with Crippen LogP contribution in [0.1, 0.15) is 0 Å². The van der Waals surface area contributed by atoms with Crippen LogP contribution in [0.4, 0.5) is 0 Å². The van der Waals surface area contributed by atoms with Crippen LogP contribution in [0, 0.1) is 0 Å². The Morgan fingerprint density at radius 1 is 0.372 bits per heavy atom. The average Bonchev–Trinajstić information content (AvgIpc) is 3.80. The molecule has 0 unspecified atom stereocenters. The highest BCUT2D eigenvalue weighted by atomic mass is 16.3. The van der Waals surface area contributed by atoms with Gasteiger partial charge in [0.25, 0.3) is 0 Å². The normalized spacial score (nSPS) is 12.7. The third-order valence-corrected chi connectivity index (χ3v) is 9.52. The van der Waals surface area contributed by atoms with E-state index in [1.54, 1.807) is 0 Å². The van der Waals surface area contributed by atoms with Gasteiger partial charge in [0.1, 0.15) is 22.3 Å². The minimum Gasteiger partial charge on any atom is -0.455 e. The van der Waals surface area contributed by atoms with E-state index in [1.165, 1.54) is 38.4 Å². The number of hydrogen-bond acceptors (Lipinski definition) is 2. The molecule has 1 aliphatic rings. The van der Waals surface area contributed by atoms with Crippen molar-refractivity contribution in [2.75, 3.05) is 0 Å². The van der Waals surface area contributed by atoms with Gasteiger partial charge in [-0.3, -0.25) is 0 Å². The summed E-state index contributed by atoms with van der Waals surface area (Å²) in [5, 5.41) is 9.17. The van der Waals surface area contributed by atoms with E-state index in [4.69, 9.17) is 8.83 Å². The highest BCUT2D eigenvalue weighted by Crippen LogP contribution is 2.52. The fourth-order valence-electron chi connectivity index (χ4n) is 7.85. The van der Waals surface area contributed by atoms with Gasteiger partial charge in [-0.05, 0) is 51.9 Å². The molecule has 3 heterocycles. The highest BCUT2D eigenvalue weighted by molar-refractivity contribution is 6.38. The zero-order valence-electron chi connectivity index (χ0n) is 22.9. The van der Waals surface area contributed by atoms with Crippen molar-refractivity contribution in [3.05, 3.63) is 127 Å². The molecule has 0 N–H and O–H groups in total. The van der Waals surface area contributed by atoms with Crippen LogP contribution in [0.25, 0.3) is 104 Å². The number of aromatic nitrogens is 1. The second-order valence-electron chi connectivity index (χ2n) is 11.6. The second-order valence-corrected chi connectivity index (χ2v) is 11.6. The van der Waals surface area contributed by atoms with Crippen LogP contribution in [-0.4, -0.2) is 4.57 Å². The molecular formula is C40H21NO2. The molecule has 0 saturated carbocycles. The second kappa shape index (κ2) is 7.53. The monoisotopic (exact) mass is 547 g/mol. The summed E-state index contributed by atoms with van der Waals surface area (Å²) >= 11 is 0. The molecule has 0 atom stereocenters. The summed E-state index contributed by atoms with van der Waals surface area (Å²) in [6, 6.07) is 45.5. The molecule has 0 spiro atoms. The molecule has 43 heavy (non-hydrogen) atoms. The summed E-state index contributed by atoms with van der Waals surface area (Å²) in [7, 11) is 0. The molecule has 10 aromatic rings. The molecule has 0 radical (unpaired) electrons. The summed E-state index contributed by atoms with van der Waals surface area (Å²) in [6.45, 7) is 0. The van der Waals surface area contributed by atoms with Crippen molar-refractivity contribution >= 4 is 76.5 Å². The predicted octanol–water partition coefficient (Wildman–Crippen LogP) is 11.4. The highest BCUT2D eigenvalue weighted by Gasteiger charge is 2.28. The molecule has 0 fully saturated rings. The lowest BCUT2D eigenvalue weighted by Gasteiger charge is -2.14. The molecule has 0 bridgehead atoms. The van der Waals surface area contributed by atoms with E-state index in [1.807, 2.05) is 12.1 Å². The van der Waals surface area contributed by atoms with Gasteiger partial charge in [0, 0.05) is 21.5 Å². The summed E-state index contributed by atoms with van der Waals surface area (Å²) < 4.78 is 15.9. The van der Waals surface area contributed by atoms with Crippen LogP contribution >= 0.6 is 0 Å². The minimum absolute atomic E-state index is 0.867. The Morgan fingerprint density at radius 2 is 0.907 bits per heavy atom. The van der Waals surface area contributed by atoms with Crippen molar-refractivity contribution in [2.45, 2.75) is 0 Å². The van der Waals surface area contributed by atoms with E-state index in [0.717, 1.165) is 66.0 Å². The molecule has 0 amide bonds. The lowest BCUT2D eigenvalue weighted by Crippen LogP contribution is -1.96. The molecule has 0 aliphatic heterocycles. The standard InChI is InChI=1S/C40H21NO2/c1-2-11-23-22(10-1)24-15-9-16-26-31(21-20-25(23)34(24)26)41-30-17-6-3-12-27(30)35-38(41)36-28-13-4-7-18-32(28)42-40(36)37-29-14-5-8-19-33(29)43-39(35)37/h1-21H. The van der Waals surface area contributed by atoms with E-state index >= 15 is 0 Å². The number of para-hydroxylation sites is 3. The third-order valence-electron chi connectivity index (χ3n) is 9.52. The van der Waals surface area contributed by atoms with Gasteiger partial charge in [-0.1, -0.05) is 103 Å². The van der Waals surface area contributed by atoms with Gasteiger partial charge in [0.2, 0.25) is 0 Å². The van der Waals surface area contributed by atoms with Crippen LogP contribution in [0.2, 0.25) is 0 Å². The van der Waals surface area contributed by atoms with Crippen LogP contribution in [0.3, 0.4) is 0 Å². The van der Waals surface area contributed by atoms with Gasteiger partial charge >= 0.3 is 0 Å². The lowest BCUT2D eigenvalue weighted by atomic mass is 10.0. The quantitative estimate of drug-likeness (QED) is 0.205. The zero-order valence-corrected chi connectivity index (χ0v) is 22.9. The minimum atomic E-state index is 0.867. The van der Waals surface area contributed by atoms with E-state index in [0.29, 0.717) is 0 Å². The molecule has 3 aromatic heterocycles. The Labute approximate surface area is 244 Å². The largest absolute Gasteiger partial charge is 0.455 e. The molecule has 1 aliphatic carbocycles. The van der Waals surface area contributed by atoms with E-state index in [9.17, 15) is 0 Å². The molecule has 3 heteroatoms. The molecule has 7 aromatic carbocycles. The molecule has 11 rings (SSSR count). The van der Waals surface area contributed by atoms with Crippen molar-refractivity contribution in [1.29, 1.82) is 0 Å². The summed E-state index contributed by atoms with van der Waals surface area (Å²) in [4.78, 5) is 0. The molecule has 198 valence electrons. The SMILES string of the molecule is c1ccc2c(c1)-c1cccc3c(-n4c5ccccc5c5c6oc7ccccc7c6c6oc7ccccc7c6c54)ccc-2c13. The maximum atomic E-state index is 6.73. The first kappa shape index (κ1) is 21.9. The summed E-state index contributed by atoms with van der Waals surface area (Å²) in [5.74, 6) is 0. The molecule has 3 nitrogen and oxygen atoms in total. The topological polar surface area (TPSA) is 31.2 Å². The molecular weight excluding hydrogens is 526 g/mol.